The zero-order valence-electron chi connectivity index (χ0n) is 11.2. The second-order valence-corrected chi connectivity index (χ2v) is 6.77. The maximum absolute atomic E-state index is 9.24. The number of phenols is 1. The molecule has 0 fully saturated rings. The third-order valence-electron chi connectivity index (χ3n) is 3.02. The van der Waals surface area contributed by atoms with E-state index in [-0.39, 0.29) is 10.8 Å². The van der Waals surface area contributed by atoms with Crippen LogP contribution in [0.1, 0.15) is 11.4 Å². The van der Waals surface area contributed by atoms with Crippen molar-refractivity contribution in [2.45, 2.75) is 17.9 Å². The van der Waals surface area contributed by atoms with Crippen LogP contribution in [0.25, 0.3) is 10.2 Å². The molecule has 1 heterocycles. The average Bonchev–Trinajstić information content (AvgIpc) is 2.90. The molecular formula is C16H14BrNO2S. The summed E-state index contributed by atoms with van der Waals surface area (Å²) in [6, 6.07) is 14.9. The highest BCUT2D eigenvalue weighted by atomic mass is 79.9. The van der Waals surface area contributed by atoms with Crippen molar-refractivity contribution in [2.24, 2.45) is 0 Å². The van der Waals surface area contributed by atoms with Gasteiger partial charge in [0.15, 0.2) is 5.01 Å². The number of fused-ring (bicyclic) bond motifs is 1. The molecule has 1 atom stereocenters. The van der Waals surface area contributed by atoms with Crippen LogP contribution < -0.4 is 4.74 Å². The van der Waals surface area contributed by atoms with Crippen molar-refractivity contribution in [3.63, 3.8) is 0 Å². The lowest BCUT2D eigenvalue weighted by Crippen LogP contribution is -2.09. The SMILES string of the molecule is Oc1ccc(OC(Br)CCc2nc3ccccc3s2)cc1. The molecule has 1 aromatic heterocycles. The van der Waals surface area contributed by atoms with Gasteiger partial charge in [0.05, 0.1) is 15.2 Å². The molecule has 0 spiro atoms. The van der Waals surface area contributed by atoms with Gasteiger partial charge in [0, 0.05) is 12.8 Å². The number of rotatable bonds is 5. The van der Waals surface area contributed by atoms with E-state index in [2.05, 4.69) is 27.0 Å². The monoisotopic (exact) mass is 363 g/mol. The van der Waals surface area contributed by atoms with Crippen LogP contribution in [-0.2, 0) is 6.42 Å². The number of aryl methyl sites for hydroxylation is 1. The predicted octanol–water partition coefficient (Wildman–Crippen LogP) is 4.73. The van der Waals surface area contributed by atoms with Crippen LogP contribution in [0.15, 0.2) is 48.5 Å². The Kier molecular flexibility index (Phi) is 4.41. The van der Waals surface area contributed by atoms with Crippen LogP contribution in [0, 0.1) is 0 Å². The van der Waals surface area contributed by atoms with Gasteiger partial charge in [0.25, 0.3) is 0 Å². The van der Waals surface area contributed by atoms with Crippen molar-refractivity contribution >= 4 is 37.5 Å². The van der Waals surface area contributed by atoms with Gasteiger partial charge < -0.3 is 9.84 Å². The predicted molar refractivity (Wildman–Crippen MR) is 89.4 cm³/mol. The highest BCUT2D eigenvalue weighted by molar-refractivity contribution is 9.09. The van der Waals surface area contributed by atoms with Gasteiger partial charge in [-0.3, -0.25) is 0 Å². The van der Waals surface area contributed by atoms with Gasteiger partial charge >= 0.3 is 0 Å². The average molecular weight is 364 g/mol. The molecule has 1 N–H and O–H groups in total. The number of phenolic OH excluding ortho intramolecular Hbond substituents is 1. The number of ether oxygens (including phenoxy) is 1. The first kappa shape index (κ1) is 14.4. The van der Waals surface area contributed by atoms with Gasteiger partial charge in [-0.25, -0.2) is 4.98 Å². The number of nitrogens with zero attached hydrogens (tertiary/aromatic N) is 1. The molecule has 3 nitrogen and oxygen atoms in total. The van der Waals surface area contributed by atoms with Crippen LogP contribution in [0.3, 0.4) is 0 Å². The fourth-order valence-electron chi connectivity index (χ4n) is 2.00. The largest absolute Gasteiger partial charge is 0.508 e. The summed E-state index contributed by atoms with van der Waals surface area (Å²) in [7, 11) is 0. The molecule has 0 bridgehead atoms. The van der Waals surface area contributed by atoms with Crippen LogP contribution in [0.2, 0.25) is 0 Å². The van der Waals surface area contributed by atoms with E-state index in [9.17, 15) is 5.11 Å². The molecule has 3 aromatic rings. The van der Waals surface area contributed by atoms with Gasteiger partial charge in [-0.15, -0.1) is 11.3 Å². The van der Waals surface area contributed by atoms with Gasteiger partial charge in [0.2, 0.25) is 0 Å². The van der Waals surface area contributed by atoms with Crippen LogP contribution in [0.4, 0.5) is 0 Å². The van der Waals surface area contributed by atoms with Crippen molar-refractivity contribution in [1.82, 2.24) is 4.98 Å². The third kappa shape index (κ3) is 3.74. The summed E-state index contributed by atoms with van der Waals surface area (Å²) in [6.45, 7) is 0. The van der Waals surface area contributed by atoms with Crippen molar-refractivity contribution in [3.8, 4) is 11.5 Å². The lowest BCUT2D eigenvalue weighted by Gasteiger charge is -2.12. The first-order valence-electron chi connectivity index (χ1n) is 6.65. The van der Waals surface area contributed by atoms with Gasteiger partial charge in [-0.05, 0) is 52.3 Å². The summed E-state index contributed by atoms with van der Waals surface area (Å²) < 4.78 is 6.97. The van der Waals surface area contributed by atoms with Gasteiger partial charge in [-0.1, -0.05) is 12.1 Å². The lowest BCUT2D eigenvalue weighted by molar-refractivity contribution is 0.283. The molecule has 5 heteroatoms. The quantitative estimate of drug-likeness (QED) is 0.666. The molecule has 0 amide bonds. The van der Waals surface area contributed by atoms with E-state index < -0.39 is 0 Å². The van der Waals surface area contributed by atoms with E-state index in [0.29, 0.717) is 0 Å². The summed E-state index contributed by atoms with van der Waals surface area (Å²) in [6.07, 6.45) is 1.70. The van der Waals surface area contributed by atoms with Crippen molar-refractivity contribution in [1.29, 1.82) is 0 Å². The Balaban J connectivity index is 1.57. The molecule has 1 unspecified atom stereocenters. The Labute approximate surface area is 135 Å². The Morgan fingerprint density at radius 2 is 1.90 bits per heavy atom. The van der Waals surface area contributed by atoms with Gasteiger partial charge in [0.1, 0.15) is 11.5 Å². The molecule has 108 valence electrons. The van der Waals surface area contributed by atoms with Crippen molar-refractivity contribution < 1.29 is 9.84 Å². The molecule has 0 aliphatic rings. The zero-order chi connectivity index (χ0) is 14.7. The minimum Gasteiger partial charge on any atom is -0.508 e. The minimum absolute atomic E-state index is 0.0749. The summed E-state index contributed by atoms with van der Waals surface area (Å²) in [5.41, 5.74) is 1.06. The molecular weight excluding hydrogens is 350 g/mol. The van der Waals surface area contributed by atoms with E-state index in [1.807, 2.05) is 18.2 Å². The standard InChI is InChI=1S/C16H14BrNO2S/c17-15(20-12-7-5-11(19)6-8-12)9-10-16-18-13-3-1-2-4-14(13)21-16/h1-8,15,19H,9-10H2. The van der Waals surface area contributed by atoms with E-state index >= 15 is 0 Å². The summed E-state index contributed by atoms with van der Waals surface area (Å²) in [5.74, 6) is 0.974. The maximum Gasteiger partial charge on any atom is 0.153 e. The second-order valence-electron chi connectivity index (χ2n) is 4.64. The number of aromatic hydroxyl groups is 1. The van der Waals surface area contributed by atoms with E-state index in [4.69, 9.17) is 4.74 Å². The molecule has 0 aliphatic heterocycles. The summed E-state index contributed by atoms with van der Waals surface area (Å²) in [4.78, 5) is 4.61. The highest BCUT2D eigenvalue weighted by Gasteiger charge is 2.09. The minimum atomic E-state index is -0.0749. The number of thiazole rings is 1. The molecule has 2 aromatic carbocycles. The molecule has 0 radical (unpaired) electrons. The maximum atomic E-state index is 9.24. The third-order valence-corrected chi connectivity index (χ3v) is 4.76. The summed E-state index contributed by atoms with van der Waals surface area (Å²) >= 11 is 5.25. The van der Waals surface area contributed by atoms with Crippen molar-refractivity contribution in [3.05, 3.63) is 53.5 Å². The normalized spacial score (nSPS) is 12.4. The molecule has 3 rings (SSSR count). The summed E-state index contributed by atoms with van der Waals surface area (Å²) in [5, 5.41) is 10.3. The number of halogens is 1. The molecule has 21 heavy (non-hydrogen) atoms. The number of para-hydroxylation sites is 1. The molecule has 0 aliphatic carbocycles. The molecule has 0 saturated carbocycles. The Bertz CT molecular complexity index is 693. The fourth-order valence-corrected chi connectivity index (χ4v) is 3.42. The fraction of sp³-hybridized carbons (Fsp3) is 0.188. The van der Waals surface area contributed by atoms with E-state index in [1.165, 1.54) is 4.70 Å². The number of hydrogen-bond acceptors (Lipinski definition) is 4. The van der Waals surface area contributed by atoms with Crippen LogP contribution >= 0.6 is 27.3 Å². The zero-order valence-corrected chi connectivity index (χ0v) is 13.6. The number of hydrogen-bond donors (Lipinski definition) is 1. The van der Waals surface area contributed by atoms with Crippen LogP contribution in [0.5, 0.6) is 11.5 Å². The number of alkyl halides is 1. The number of aromatic nitrogens is 1. The van der Waals surface area contributed by atoms with E-state index in [0.717, 1.165) is 29.1 Å². The second kappa shape index (κ2) is 6.45. The Hall–Kier alpha value is -1.59. The van der Waals surface area contributed by atoms with Gasteiger partial charge in [-0.2, -0.15) is 0 Å². The molecule has 0 saturated heterocycles. The topological polar surface area (TPSA) is 42.4 Å². The number of benzene rings is 2. The van der Waals surface area contributed by atoms with E-state index in [1.54, 1.807) is 35.6 Å². The lowest BCUT2D eigenvalue weighted by atomic mass is 10.3. The smallest absolute Gasteiger partial charge is 0.153 e. The first-order chi connectivity index (χ1) is 10.2. The van der Waals surface area contributed by atoms with Crippen LogP contribution in [-0.4, -0.2) is 15.1 Å². The Morgan fingerprint density at radius 3 is 2.67 bits per heavy atom. The van der Waals surface area contributed by atoms with Crippen molar-refractivity contribution in [2.75, 3.05) is 0 Å². The first-order valence-corrected chi connectivity index (χ1v) is 8.38. The Morgan fingerprint density at radius 1 is 1.14 bits per heavy atom. The highest BCUT2D eigenvalue weighted by Crippen LogP contribution is 2.25.